The lowest BCUT2D eigenvalue weighted by molar-refractivity contribution is 0.406. The standard InChI is InChI=1S/C21H40N2/c1-10-13-14-15-20(7,8)17-16(19(4,5)6)22-18(23-17)21(9,11-2)12-3/h10-15H2,1-9H3,(H,22,23). The molecule has 0 amide bonds. The summed E-state index contributed by atoms with van der Waals surface area (Å²) in [6.07, 6.45) is 7.35. The van der Waals surface area contributed by atoms with E-state index in [1.807, 2.05) is 0 Å². The Labute approximate surface area is 144 Å². The Morgan fingerprint density at radius 2 is 1.43 bits per heavy atom. The van der Waals surface area contributed by atoms with Crippen molar-refractivity contribution >= 4 is 0 Å². The van der Waals surface area contributed by atoms with E-state index in [1.54, 1.807) is 0 Å². The molecule has 0 spiro atoms. The molecular weight excluding hydrogens is 280 g/mol. The molecule has 23 heavy (non-hydrogen) atoms. The van der Waals surface area contributed by atoms with Crippen molar-refractivity contribution in [2.45, 2.75) is 117 Å². The van der Waals surface area contributed by atoms with Crippen LogP contribution in [0.3, 0.4) is 0 Å². The van der Waals surface area contributed by atoms with E-state index in [0.717, 1.165) is 12.8 Å². The van der Waals surface area contributed by atoms with E-state index in [1.165, 1.54) is 42.9 Å². The van der Waals surface area contributed by atoms with Crippen LogP contribution < -0.4 is 0 Å². The Balaban J connectivity index is 3.32. The summed E-state index contributed by atoms with van der Waals surface area (Å²) >= 11 is 0. The number of hydrogen-bond acceptors (Lipinski definition) is 1. The molecule has 1 N–H and O–H groups in total. The Bertz CT molecular complexity index is 484. The van der Waals surface area contributed by atoms with E-state index < -0.39 is 0 Å². The normalized spacial score (nSPS) is 13.6. The monoisotopic (exact) mass is 320 g/mol. The fourth-order valence-corrected chi connectivity index (χ4v) is 3.22. The van der Waals surface area contributed by atoms with Gasteiger partial charge in [-0.3, -0.25) is 0 Å². The van der Waals surface area contributed by atoms with Gasteiger partial charge in [0.1, 0.15) is 5.82 Å². The zero-order valence-corrected chi connectivity index (χ0v) is 17.2. The zero-order valence-electron chi connectivity index (χ0n) is 17.2. The van der Waals surface area contributed by atoms with Gasteiger partial charge < -0.3 is 4.98 Å². The third-order valence-corrected chi connectivity index (χ3v) is 5.63. The highest BCUT2D eigenvalue weighted by Gasteiger charge is 2.35. The van der Waals surface area contributed by atoms with Crippen LogP contribution in [0.1, 0.15) is 118 Å². The maximum absolute atomic E-state index is 5.13. The first-order valence-corrected chi connectivity index (χ1v) is 9.63. The summed E-state index contributed by atoms with van der Waals surface area (Å²) in [6, 6.07) is 0. The van der Waals surface area contributed by atoms with Crippen molar-refractivity contribution in [2.24, 2.45) is 0 Å². The van der Waals surface area contributed by atoms with Gasteiger partial charge >= 0.3 is 0 Å². The van der Waals surface area contributed by atoms with Crippen LogP contribution in [-0.4, -0.2) is 9.97 Å². The van der Waals surface area contributed by atoms with Gasteiger partial charge in [-0.15, -0.1) is 0 Å². The number of rotatable bonds is 8. The molecule has 0 aliphatic rings. The zero-order chi connectivity index (χ0) is 17.9. The van der Waals surface area contributed by atoms with Crippen LogP contribution in [0.5, 0.6) is 0 Å². The molecule has 2 heteroatoms. The van der Waals surface area contributed by atoms with Crippen LogP contribution >= 0.6 is 0 Å². The Hall–Kier alpha value is -0.790. The highest BCUT2D eigenvalue weighted by Crippen LogP contribution is 2.39. The molecule has 0 atom stereocenters. The minimum atomic E-state index is 0.0779. The average Bonchev–Trinajstić information content (AvgIpc) is 2.93. The first-order valence-electron chi connectivity index (χ1n) is 9.63. The fourth-order valence-electron chi connectivity index (χ4n) is 3.22. The minimum absolute atomic E-state index is 0.0779. The predicted octanol–water partition coefficient (Wildman–Crippen LogP) is 6.64. The molecule has 0 saturated carbocycles. The van der Waals surface area contributed by atoms with Gasteiger partial charge in [0.05, 0.1) is 5.69 Å². The molecule has 0 aliphatic carbocycles. The summed E-state index contributed by atoms with van der Waals surface area (Å²) in [4.78, 5) is 8.92. The second-order valence-corrected chi connectivity index (χ2v) is 9.17. The summed E-state index contributed by atoms with van der Waals surface area (Å²) in [5.41, 5.74) is 3.02. The Kier molecular flexibility index (Phi) is 6.52. The number of nitrogens with zero attached hydrogens (tertiary/aromatic N) is 1. The van der Waals surface area contributed by atoms with Crippen molar-refractivity contribution in [3.63, 3.8) is 0 Å². The largest absolute Gasteiger partial charge is 0.345 e. The molecule has 0 aromatic carbocycles. The summed E-state index contributed by atoms with van der Waals surface area (Å²) in [6.45, 7) is 20.8. The maximum Gasteiger partial charge on any atom is 0.112 e. The van der Waals surface area contributed by atoms with E-state index in [4.69, 9.17) is 4.98 Å². The van der Waals surface area contributed by atoms with Crippen molar-refractivity contribution in [1.29, 1.82) is 0 Å². The maximum atomic E-state index is 5.13. The Morgan fingerprint density at radius 1 is 0.870 bits per heavy atom. The summed E-state index contributed by atoms with van der Waals surface area (Å²) in [5, 5.41) is 0. The molecule has 0 aliphatic heterocycles. The third-order valence-electron chi connectivity index (χ3n) is 5.63. The topological polar surface area (TPSA) is 28.7 Å². The summed E-state index contributed by atoms with van der Waals surface area (Å²) < 4.78 is 0. The highest BCUT2D eigenvalue weighted by molar-refractivity contribution is 5.30. The number of nitrogens with one attached hydrogen (secondary N) is 1. The number of H-pyrrole nitrogens is 1. The van der Waals surface area contributed by atoms with Gasteiger partial charge in [0.25, 0.3) is 0 Å². The molecule has 1 rings (SSSR count). The first-order chi connectivity index (χ1) is 10.5. The average molecular weight is 321 g/mol. The number of hydrogen-bond donors (Lipinski definition) is 1. The molecule has 1 heterocycles. The van der Waals surface area contributed by atoms with Crippen LogP contribution in [0.4, 0.5) is 0 Å². The van der Waals surface area contributed by atoms with Crippen LogP contribution in [0, 0.1) is 0 Å². The van der Waals surface area contributed by atoms with E-state index in [9.17, 15) is 0 Å². The van der Waals surface area contributed by atoms with Gasteiger partial charge in [-0.05, 0) is 19.3 Å². The van der Waals surface area contributed by atoms with Gasteiger partial charge in [-0.2, -0.15) is 0 Å². The third kappa shape index (κ3) is 4.61. The van der Waals surface area contributed by atoms with Crippen LogP contribution in [-0.2, 0) is 16.2 Å². The second kappa shape index (κ2) is 7.40. The van der Waals surface area contributed by atoms with Gasteiger partial charge in [-0.1, -0.05) is 81.6 Å². The fraction of sp³-hybridized carbons (Fsp3) is 0.857. The van der Waals surface area contributed by atoms with Crippen molar-refractivity contribution in [2.75, 3.05) is 0 Å². The van der Waals surface area contributed by atoms with Crippen molar-refractivity contribution in [1.82, 2.24) is 9.97 Å². The van der Waals surface area contributed by atoms with Crippen LogP contribution in [0.25, 0.3) is 0 Å². The lowest BCUT2D eigenvalue weighted by Gasteiger charge is -2.28. The number of aromatic amines is 1. The minimum Gasteiger partial charge on any atom is -0.345 e. The van der Waals surface area contributed by atoms with Gasteiger partial charge in [0, 0.05) is 21.9 Å². The molecule has 1 aromatic heterocycles. The smallest absolute Gasteiger partial charge is 0.112 e. The lowest BCUT2D eigenvalue weighted by atomic mass is 9.78. The van der Waals surface area contributed by atoms with E-state index in [2.05, 4.69) is 67.3 Å². The van der Waals surface area contributed by atoms with Gasteiger partial charge in [-0.25, -0.2) is 4.98 Å². The number of unbranched alkanes of at least 4 members (excludes halogenated alkanes) is 2. The number of aromatic nitrogens is 2. The molecule has 2 nitrogen and oxygen atoms in total. The molecule has 0 radical (unpaired) electrons. The van der Waals surface area contributed by atoms with Gasteiger partial charge in [0.2, 0.25) is 0 Å². The Morgan fingerprint density at radius 3 is 1.87 bits per heavy atom. The van der Waals surface area contributed by atoms with E-state index in [-0.39, 0.29) is 16.2 Å². The van der Waals surface area contributed by atoms with Gasteiger partial charge in [0.15, 0.2) is 0 Å². The molecular formula is C21H40N2. The van der Waals surface area contributed by atoms with Crippen molar-refractivity contribution in [3.8, 4) is 0 Å². The first kappa shape index (κ1) is 20.3. The molecule has 0 bridgehead atoms. The van der Waals surface area contributed by atoms with Crippen LogP contribution in [0.15, 0.2) is 0 Å². The summed E-state index contributed by atoms with van der Waals surface area (Å²) in [7, 11) is 0. The van der Waals surface area contributed by atoms with Crippen LogP contribution in [0.2, 0.25) is 0 Å². The van der Waals surface area contributed by atoms with Crippen molar-refractivity contribution in [3.05, 3.63) is 17.2 Å². The quantitative estimate of drug-likeness (QED) is 0.534. The molecule has 134 valence electrons. The SMILES string of the molecule is CCCCCC(C)(C)c1[nH]c(C(C)(CC)CC)nc1C(C)(C)C. The molecule has 0 saturated heterocycles. The van der Waals surface area contributed by atoms with Crippen molar-refractivity contribution < 1.29 is 0 Å². The molecule has 0 unspecified atom stereocenters. The lowest BCUT2D eigenvalue weighted by Crippen LogP contribution is -2.24. The highest BCUT2D eigenvalue weighted by atomic mass is 15.0. The second-order valence-electron chi connectivity index (χ2n) is 9.17. The number of imidazole rings is 1. The molecule has 0 fully saturated rings. The van der Waals surface area contributed by atoms with E-state index in [0.29, 0.717) is 0 Å². The molecule has 1 aromatic rings. The predicted molar refractivity (Wildman–Crippen MR) is 102 cm³/mol. The summed E-state index contributed by atoms with van der Waals surface area (Å²) in [5.74, 6) is 1.19. The van der Waals surface area contributed by atoms with E-state index >= 15 is 0 Å².